The standard InChI is InChI=1S/C11H15N/c1-9-7-8-10-5-3-4-6-11(10)12(9)2/h3-7,10-11H,8H2,1-2H3. The van der Waals surface area contributed by atoms with Crippen LogP contribution in [0.3, 0.4) is 0 Å². The second-order valence-electron chi connectivity index (χ2n) is 3.62. The van der Waals surface area contributed by atoms with E-state index in [1.807, 2.05) is 0 Å². The monoisotopic (exact) mass is 161 g/mol. The molecule has 12 heavy (non-hydrogen) atoms. The normalized spacial score (nSPS) is 33.2. The first kappa shape index (κ1) is 7.66. The lowest BCUT2D eigenvalue weighted by atomic mass is 9.88. The lowest BCUT2D eigenvalue weighted by molar-refractivity contribution is 0.271. The Hall–Kier alpha value is -0.980. The molecular weight excluding hydrogens is 146 g/mol. The van der Waals surface area contributed by atoms with Crippen LogP contribution in [0, 0.1) is 5.92 Å². The molecule has 0 radical (unpaired) electrons. The zero-order valence-corrected chi connectivity index (χ0v) is 7.70. The van der Waals surface area contributed by atoms with Gasteiger partial charge >= 0.3 is 0 Å². The van der Waals surface area contributed by atoms with Crippen molar-refractivity contribution < 1.29 is 0 Å². The number of hydrogen-bond donors (Lipinski definition) is 0. The third kappa shape index (κ3) is 1.09. The maximum absolute atomic E-state index is 2.36. The molecule has 0 spiro atoms. The quantitative estimate of drug-likeness (QED) is 0.527. The van der Waals surface area contributed by atoms with E-state index in [0.717, 1.165) is 0 Å². The lowest BCUT2D eigenvalue weighted by Crippen LogP contribution is -2.38. The van der Waals surface area contributed by atoms with E-state index in [9.17, 15) is 0 Å². The Morgan fingerprint density at radius 1 is 1.33 bits per heavy atom. The zero-order valence-electron chi connectivity index (χ0n) is 7.70. The van der Waals surface area contributed by atoms with Crippen molar-refractivity contribution in [1.29, 1.82) is 0 Å². The van der Waals surface area contributed by atoms with Crippen molar-refractivity contribution in [2.24, 2.45) is 5.92 Å². The molecule has 1 heterocycles. The van der Waals surface area contributed by atoms with Crippen LogP contribution in [0.25, 0.3) is 0 Å². The number of allylic oxidation sites excluding steroid dienone is 4. The SMILES string of the molecule is CC1=CCC2C=CC=CC2N1C. The number of likely N-dealkylation sites (N-methyl/N-ethyl adjacent to an activating group) is 1. The molecule has 1 nitrogen and oxygen atoms in total. The van der Waals surface area contributed by atoms with Crippen molar-refractivity contribution in [3.05, 3.63) is 36.1 Å². The van der Waals surface area contributed by atoms with E-state index >= 15 is 0 Å². The highest BCUT2D eigenvalue weighted by atomic mass is 15.1. The molecule has 1 aliphatic carbocycles. The third-order valence-corrected chi connectivity index (χ3v) is 2.91. The summed E-state index contributed by atoms with van der Waals surface area (Å²) >= 11 is 0. The van der Waals surface area contributed by atoms with E-state index in [1.54, 1.807) is 0 Å². The zero-order chi connectivity index (χ0) is 8.55. The van der Waals surface area contributed by atoms with Gasteiger partial charge in [0, 0.05) is 18.7 Å². The first-order valence-corrected chi connectivity index (χ1v) is 4.53. The van der Waals surface area contributed by atoms with Crippen molar-refractivity contribution in [2.45, 2.75) is 19.4 Å². The van der Waals surface area contributed by atoms with Gasteiger partial charge in [-0.15, -0.1) is 0 Å². The summed E-state index contributed by atoms with van der Waals surface area (Å²) < 4.78 is 0. The van der Waals surface area contributed by atoms with Gasteiger partial charge in [-0.2, -0.15) is 0 Å². The molecular formula is C11H15N. The molecule has 0 saturated carbocycles. The summed E-state index contributed by atoms with van der Waals surface area (Å²) in [5.41, 5.74) is 1.40. The van der Waals surface area contributed by atoms with Crippen molar-refractivity contribution in [3.63, 3.8) is 0 Å². The predicted molar refractivity (Wildman–Crippen MR) is 51.7 cm³/mol. The topological polar surface area (TPSA) is 3.24 Å². The summed E-state index contributed by atoms with van der Waals surface area (Å²) in [6.45, 7) is 2.18. The van der Waals surface area contributed by atoms with Crippen LogP contribution in [0.15, 0.2) is 36.1 Å². The molecule has 0 bridgehead atoms. The van der Waals surface area contributed by atoms with Gasteiger partial charge in [0.15, 0.2) is 0 Å². The molecule has 0 aromatic carbocycles. The second-order valence-corrected chi connectivity index (χ2v) is 3.62. The Morgan fingerprint density at radius 2 is 2.08 bits per heavy atom. The Bertz CT molecular complexity index is 258. The Labute approximate surface area is 74.1 Å². The maximum Gasteiger partial charge on any atom is 0.0535 e. The third-order valence-electron chi connectivity index (χ3n) is 2.91. The van der Waals surface area contributed by atoms with Gasteiger partial charge in [-0.25, -0.2) is 0 Å². The summed E-state index contributed by atoms with van der Waals surface area (Å²) in [5, 5.41) is 0. The van der Waals surface area contributed by atoms with Gasteiger partial charge in [-0.3, -0.25) is 0 Å². The predicted octanol–water partition coefficient (Wildman–Crippen LogP) is 2.34. The van der Waals surface area contributed by atoms with Gasteiger partial charge in [-0.05, 0) is 13.3 Å². The summed E-state index contributed by atoms with van der Waals surface area (Å²) in [5.74, 6) is 0.698. The molecule has 0 saturated heterocycles. The Kier molecular flexibility index (Phi) is 1.80. The van der Waals surface area contributed by atoms with E-state index in [4.69, 9.17) is 0 Å². The van der Waals surface area contributed by atoms with Gasteiger partial charge in [0.1, 0.15) is 0 Å². The number of nitrogens with zero attached hydrogens (tertiary/aromatic N) is 1. The molecule has 2 unspecified atom stereocenters. The van der Waals surface area contributed by atoms with Crippen LogP contribution in [0.1, 0.15) is 13.3 Å². The summed E-state index contributed by atoms with van der Waals surface area (Å²) in [6, 6.07) is 0.597. The molecule has 0 amide bonds. The molecule has 1 heteroatoms. The number of rotatable bonds is 0. The van der Waals surface area contributed by atoms with E-state index in [1.165, 1.54) is 12.1 Å². The van der Waals surface area contributed by atoms with Crippen LogP contribution < -0.4 is 0 Å². The number of hydrogen-bond acceptors (Lipinski definition) is 1. The Morgan fingerprint density at radius 3 is 2.92 bits per heavy atom. The minimum Gasteiger partial charge on any atom is -0.371 e. The van der Waals surface area contributed by atoms with Crippen molar-refractivity contribution in [3.8, 4) is 0 Å². The van der Waals surface area contributed by atoms with Crippen LogP contribution in [0.2, 0.25) is 0 Å². The average Bonchev–Trinajstić information content (AvgIpc) is 2.12. The van der Waals surface area contributed by atoms with Crippen molar-refractivity contribution in [2.75, 3.05) is 7.05 Å². The first-order chi connectivity index (χ1) is 5.79. The minimum atomic E-state index is 0.597. The summed E-state index contributed by atoms with van der Waals surface area (Å²) in [6.07, 6.45) is 12.4. The van der Waals surface area contributed by atoms with Gasteiger partial charge in [0.25, 0.3) is 0 Å². The summed E-state index contributed by atoms with van der Waals surface area (Å²) in [7, 11) is 2.17. The maximum atomic E-state index is 2.36. The molecule has 0 aromatic rings. The fourth-order valence-corrected chi connectivity index (χ4v) is 1.96. The average molecular weight is 161 g/mol. The van der Waals surface area contributed by atoms with E-state index in [-0.39, 0.29) is 0 Å². The molecule has 0 N–H and O–H groups in total. The second kappa shape index (κ2) is 2.81. The number of fused-ring (bicyclic) bond motifs is 1. The molecule has 2 aliphatic rings. The fraction of sp³-hybridized carbons (Fsp3) is 0.455. The molecule has 1 aliphatic heterocycles. The molecule has 2 atom stereocenters. The summed E-state index contributed by atoms with van der Waals surface area (Å²) in [4.78, 5) is 2.36. The lowest BCUT2D eigenvalue weighted by Gasteiger charge is -2.38. The van der Waals surface area contributed by atoms with Crippen LogP contribution >= 0.6 is 0 Å². The molecule has 0 fully saturated rings. The highest BCUT2D eigenvalue weighted by molar-refractivity contribution is 5.23. The van der Waals surface area contributed by atoms with E-state index < -0.39 is 0 Å². The van der Waals surface area contributed by atoms with Crippen LogP contribution in [0.4, 0.5) is 0 Å². The minimum absolute atomic E-state index is 0.597. The largest absolute Gasteiger partial charge is 0.371 e. The van der Waals surface area contributed by atoms with Gasteiger partial charge < -0.3 is 4.90 Å². The van der Waals surface area contributed by atoms with Gasteiger partial charge in [0.2, 0.25) is 0 Å². The van der Waals surface area contributed by atoms with Gasteiger partial charge in [-0.1, -0.05) is 30.4 Å². The van der Waals surface area contributed by atoms with Crippen LogP contribution in [0.5, 0.6) is 0 Å². The molecule has 0 aromatic heterocycles. The van der Waals surface area contributed by atoms with Crippen LogP contribution in [-0.2, 0) is 0 Å². The molecule has 2 rings (SSSR count). The van der Waals surface area contributed by atoms with E-state index in [2.05, 4.69) is 49.3 Å². The fourth-order valence-electron chi connectivity index (χ4n) is 1.96. The van der Waals surface area contributed by atoms with Gasteiger partial charge in [0.05, 0.1) is 6.04 Å². The van der Waals surface area contributed by atoms with E-state index in [0.29, 0.717) is 12.0 Å². The van der Waals surface area contributed by atoms with Crippen molar-refractivity contribution >= 4 is 0 Å². The first-order valence-electron chi connectivity index (χ1n) is 4.53. The molecule has 64 valence electrons. The Balaban J connectivity index is 2.27. The van der Waals surface area contributed by atoms with Crippen molar-refractivity contribution in [1.82, 2.24) is 4.90 Å². The highest BCUT2D eigenvalue weighted by Gasteiger charge is 2.25. The van der Waals surface area contributed by atoms with Crippen LogP contribution in [-0.4, -0.2) is 18.0 Å². The highest BCUT2D eigenvalue weighted by Crippen LogP contribution is 2.28. The smallest absolute Gasteiger partial charge is 0.0535 e.